The summed E-state index contributed by atoms with van der Waals surface area (Å²) in [6.07, 6.45) is 0. The fraction of sp³-hybridized carbons (Fsp3) is 0.143. The highest BCUT2D eigenvalue weighted by atomic mass is 79.9. The quantitative estimate of drug-likeness (QED) is 0.934. The van der Waals surface area contributed by atoms with Gasteiger partial charge in [-0.05, 0) is 35.9 Å². The minimum absolute atomic E-state index is 0.0851. The van der Waals surface area contributed by atoms with Crippen molar-refractivity contribution in [2.75, 3.05) is 0 Å². The predicted molar refractivity (Wildman–Crippen MR) is 70.8 cm³/mol. The summed E-state index contributed by atoms with van der Waals surface area (Å²) < 4.78 is 19.2. The van der Waals surface area contributed by atoms with Crippen molar-refractivity contribution >= 4 is 15.9 Å². The molecule has 4 heteroatoms. The maximum atomic E-state index is 12.7. The van der Waals surface area contributed by atoms with Crippen LogP contribution in [0.2, 0.25) is 0 Å². The molecule has 0 aromatic heterocycles. The van der Waals surface area contributed by atoms with Crippen LogP contribution >= 0.6 is 15.9 Å². The monoisotopic (exact) mass is 310 g/mol. The highest BCUT2D eigenvalue weighted by molar-refractivity contribution is 9.10. The number of aliphatic hydroxyl groups excluding tert-OH is 1. The van der Waals surface area contributed by atoms with E-state index in [0.717, 1.165) is 10.0 Å². The standard InChI is InChI=1S/C14H12BrFO2/c15-12-3-6-14(11(7-12)8-17)18-9-10-1-4-13(16)5-2-10/h1-7,17H,8-9H2. The number of benzene rings is 2. The molecule has 0 spiro atoms. The fourth-order valence-corrected chi connectivity index (χ4v) is 1.96. The lowest BCUT2D eigenvalue weighted by Gasteiger charge is -2.10. The Morgan fingerprint density at radius 3 is 2.50 bits per heavy atom. The van der Waals surface area contributed by atoms with Gasteiger partial charge < -0.3 is 9.84 Å². The van der Waals surface area contributed by atoms with E-state index in [1.54, 1.807) is 24.3 Å². The molecule has 0 amide bonds. The first-order chi connectivity index (χ1) is 8.69. The number of halogens is 2. The minimum Gasteiger partial charge on any atom is -0.489 e. The van der Waals surface area contributed by atoms with Gasteiger partial charge in [0.15, 0.2) is 0 Å². The number of ether oxygens (including phenoxy) is 1. The summed E-state index contributed by atoms with van der Waals surface area (Å²) in [5.41, 5.74) is 1.59. The summed E-state index contributed by atoms with van der Waals surface area (Å²) in [7, 11) is 0. The van der Waals surface area contributed by atoms with Crippen molar-refractivity contribution in [3.8, 4) is 5.75 Å². The van der Waals surface area contributed by atoms with Gasteiger partial charge in [-0.25, -0.2) is 4.39 Å². The van der Waals surface area contributed by atoms with Gasteiger partial charge in [-0.15, -0.1) is 0 Å². The zero-order valence-electron chi connectivity index (χ0n) is 9.57. The molecule has 0 saturated carbocycles. The topological polar surface area (TPSA) is 29.5 Å². The van der Waals surface area contributed by atoms with E-state index in [9.17, 15) is 9.50 Å². The Kier molecular flexibility index (Phi) is 4.33. The molecule has 2 aromatic carbocycles. The lowest BCUT2D eigenvalue weighted by Crippen LogP contribution is -1.98. The van der Waals surface area contributed by atoms with Gasteiger partial charge in [0.1, 0.15) is 18.2 Å². The number of aliphatic hydroxyl groups is 1. The number of rotatable bonds is 4. The molecule has 2 aromatic rings. The molecule has 0 fully saturated rings. The van der Waals surface area contributed by atoms with Crippen LogP contribution in [0.5, 0.6) is 5.75 Å². The first-order valence-corrected chi connectivity index (χ1v) is 6.25. The van der Waals surface area contributed by atoms with E-state index in [1.165, 1.54) is 12.1 Å². The fourth-order valence-electron chi connectivity index (χ4n) is 1.55. The van der Waals surface area contributed by atoms with Gasteiger partial charge in [-0.2, -0.15) is 0 Å². The van der Waals surface area contributed by atoms with E-state index in [4.69, 9.17) is 4.74 Å². The summed E-state index contributed by atoms with van der Waals surface area (Å²) in [6.45, 7) is 0.257. The molecule has 0 aliphatic carbocycles. The van der Waals surface area contributed by atoms with E-state index in [-0.39, 0.29) is 12.4 Å². The molecule has 0 bridgehead atoms. The van der Waals surface area contributed by atoms with E-state index in [1.807, 2.05) is 6.07 Å². The lowest BCUT2D eigenvalue weighted by molar-refractivity contribution is 0.259. The second-order valence-corrected chi connectivity index (χ2v) is 4.74. The first-order valence-electron chi connectivity index (χ1n) is 5.45. The molecule has 0 unspecified atom stereocenters. The first kappa shape index (κ1) is 13.1. The van der Waals surface area contributed by atoms with Crippen LogP contribution < -0.4 is 4.74 Å². The van der Waals surface area contributed by atoms with Gasteiger partial charge in [0.25, 0.3) is 0 Å². The van der Waals surface area contributed by atoms with Gasteiger partial charge in [0.05, 0.1) is 6.61 Å². The van der Waals surface area contributed by atoms with Gasteiger partial charge >= 0.3 is 0 Å². The van der Waals surface area contributed by atoms with Gasteiger partial charge in [0, 0.05) is 10.0 Å². The number of hydrogen-bond acceptors (Lipinski definition) is 2. The SMILES string of the molecule is OCc1cc(Br)ccc1OCc1ccc(F)cc1. The van der Waals surface area contributed by atoms with E-state index in [2.05, 4.69) is 15.9 Å². The summed E-state index contributed by atoms with van der Waals surface area (Å²) in [5.74, 6) is 0.364. The molecule has 2 nitrogen and oxygen atoms in total. The third kappa shape index (κ3) is 3.31. The maximum absolute atomic E-state index is 12.7. The minimum atomic E-state index is -0.265. The second-order valence-electron chi connectivity index (χ2n) is 3.83. The van der Waals surface area contributed by atoms with Gasteiger partial charge in [-0.3, -0.25) is 0 Å². The highest BCUT2D eigenvalue weighted by Crippen LogP contribution is 2.24. The second kappa shape index (κ2) is 5.98. The predicted octanol–water partition coefficient (Wildman–Crippen LogP) is 3.66. The third-order valence-corrected chi connectivity index (χ3v) is 2.99. The Balaban J connectivity index is 2.08. The van der Waals surface area contributed by atoms with Crippen LogP contribution in [0.15, 0.2) is 46.9 Å². The number of hydrogen-bond donors (Lipinski definition) is 1. The summed E-state index contributed by atoms with van der Waals surface area (Å²) >= 11 is 3.33. The van der Waals surface area contributed by atoms with Gasteiger partial charge in [-0.1, -0.05) is 28.1 Å². The average molecular weight is 311 g/mol. The summed E-state index contributed by atoms with van der Waals surface area (Å²) in [5, 5.41) is 9.23. The molecule has 18 heavy (non-hydrogen) atoms. The smallest absolute Gasteiger partial charge is 0.125 e. The van der Waals surface area contributed by atoms with Crippen LogP contribution in [0, 0.1) is 5.82 Å². The van der Waals surface area contributed by atoms with Crippen molar-refractivity contribution in [2.45, 2.75) is 13.2 Å². The highest BCUT2D eigenvalue weighted by Gasteiger charge is 2.04. The van der Waals surface area contributed by atoms with E-state index < -0.39 is 0 Å². The molecule has 0 radical (unpaired) electrons. The molecule has 94 valence electrons. The van der Waals surface area contributed by atoms with Crippen molar-refractivity contribution in [3.63, 3.8) is 0 Å². The van der Waals surface area contributed by atoms with Crippen LogP contribution in [-0.2, 0) is 13.2 Å². The Hall–Kier alpha value is -1.39. The van der Waals surface area contributed by atoms with Crippen molar-refractivity contribution in [1.29, 1.82) is 0 Å². The van der Waals surface area contributed by atoms with Crippen LogP contribution in [0.25, 0.3) is 0 Å². The molecule has 0 aliphatic rings. The summed E-state index contributed by atoms with van der Waals surface area (Å²) in [4.78, 5) is 0. The molecular formula is C14H12BrFO2. The van der Waals surface area contributed by atoms with Crippen LogP contribution in [-0.4, -0.2) is 5.11 Å². The van der Waals surface area contributed by atoms with Crippen LogP contribution in [0.3, 0.4) is 0 Å². The molecule has 1 N–H and O–H groups in total. The molecule has 2 rings (SSSR count). The van der Waals surface area contributed by atoms with E-state index in [0.29, 0.717) is 17.9 Å². The zero-order chi connectivity index (χ0) is 13.0. The molecule has 0 aliphatic heterocycles. The molecule has 0 heterocycles. The maximum Gasteiger partial charge on any atom is 0.125 e. The van der Waals surface area contributed by atoms with Gasteiger partial charge in [0.2, 0.25) is 0 Å². The zero-order valence-corrected chi connectivity index (χ0v) is 11.2. The van der Waals surface area contributed by atoms with Crippen molar-refractivity contribution in [1.82, 2.24) is 0 Å². The van der Waals surface area contributed by atoms with Crippen molar-refractivity contribution in [3.05, 3.63) is 63.9 Å². The summed E-state index contributed by atoms with van der Waals surface area (Å²) in [6, 6.07) is 11.6. The molecule has 0 saturated heterocycles. The molecular weight excluding hydrogens is 299 g/mol. The van der Waals surface area contributed by atoms with Crippen LogP contribution in [0.4, 0.5) is 4.39 Å². The van der Waals surface area contributed by atoms with Crippen molar-refractivity contribution in [2.24, 2.45) is 0 Å². The third-order valence-electron chi connectivity index (χ3n) is 2.50. The lowest BCUT2D eigenvalue weighted by atomic mass is 10.2. The molecule has 0 atom stereocenters. The van der Waals surface area contributed by atoms with E-state index >= 15 is 0 Å². The Morgan fingerprint density at radius 2 is 1.83 bits per heavy atom. The Labute approximate surface area is 113 Å². The Bertz CT molecular complexity index is 526. The largest absolute Gasteiger partial charge is 0.489 e. The van der Waals surface area contributed by atoms with Crippen molar-refractivity contribution < 1.29 is 14.2 Å². The van der Waals surface area contributed by atoms with Crippen LogP contribution in [0.1, 0.15) is 11.1 Å². The average Bonchev–Trinajstić information content (AvgIpc) is 2.39. The normalized spacial score (nSPS) is 10.4. The Morgan fingerprint density at radius 1 is 1.11 bits per heavy atom.